The van der Waals surface area contributed by atoms with Gasteiger partial charge >= 0.3 is 5.97 Å². The average molecular weight is 900 g/mol. The second-order valence-corrected chi connectivity index (χ2v) is 19.3. The predicted octanol–water partition coefficient (Wildman–Crippen LogP) is 6.36. The molecule has 4 bridgehead atoms. The summed E-state index contributed by atoms with van der Waals surface area (Å²) in [7, 11) is 4.80. The van der Waals surface area contributed by atoms with Gasteiger partial charge in [-0.15, -0.1) is 0 Å². The monoisotopic (exact) mass is 900 g/mol. The number of rotatable bonds is 6. The Balaban J connectivity index is 1.47. The number of methoxy groups -OCH3 is 3. The van der Waals surface area contributed by atoms with Gasteiger partial charge in [0.05, 0.1) is 31.0 Å². The highest BCUT2D eigenvalue weighted by Crippen LogP contribution is 2.38. The van der Waals surface area contributed by atoms with E-state index in [0.717, 1.165) is 17.6 Å². The minimum absolute atomic E-state index is 0.0760. The fraction of sp³-hybridized carbons (Fsp3) is 0.760. The van der Waals surface area contributed by atoms with Gasteiger partial charge in [-0.1, -0.05) is 64.2 Å². The van der Waals surface area contributed by atoms with Crippen LogP contribution in [0.1, 0.15) is 119 Å². The predicted molar refractivity (Wildman–Crippen MR) is 240 cm³/mol. The zero-order chi connectivity index (χ0) is 46.7. The first kappa shape index (κ1) is 51.9. The molecule has 5 rings (SSSR count). The van der Waals surface area contributed by atoms with Crippen molar-refractivity contribution in [3.05, 3.63) is 47.6 Å². The fourth-order valence-electron chi connectivity index (χ4n) is 10.1. The number of carbonyl (C=O) groups is 4. The maximum Gasteiger partial charge on any atom is 0.329 e. The lowest BCUT2D eigenvalue weighted by Gasteiger charge is -2.42. The topological polar surface area (TPSA) is 177 Å². The van der Waals surface area contributed by atoms with Gasteiger partial charge in [0.15, 0.2) is 6.29 Å². The van der Waals surface area contributed by atoms with Crippen LogP contribution in [0.4, 0.5) is 0 Å². The van der Waals surface area contributed by atoms with Crippen LogP contribution in [0.25, 0.3) is 0 Å². The lowest BCUT2D eigenvalue weighted by Crippen LogP contribution is -2.61. The Morgan fingerprint density at radius 2 is 1.62 bits per heavy atom. The average Bonchev–Trinajstić information content (AvgIpc) is 3.28. The molecule has 9 unspecified atom stereocenters. The van der Waals surface area contributed by atoms with Crippen molar-refractivity contribution in [3.63, 3.8) is 0 Å². The zero-order valence-electron chi connectivity index (χ0n) is 39.8. The maximum absolute atomic E-state index is 14.4. The highest BCUT2D eigenvalue weighted by Gasteiger charge is 2.53. The van der Waals surface area contributed by atoms with E-state index in [0.29, 0.717) is 64.4 Å². The molecule has 1 saturated carbocycles. The number of esters is 1. The lowest BCUT2D eigenvalue weighted by atomic mass is 9.78. The fourth-order valence-corrected chi connectivity index (χ4v) is 10.1. The number of amides is 1. The smallest absolute Gasteiger partial charge is 0.329 e. The van der Waals surface area contributed by atoms with E-state index in [1.54, 1.807) is 28.3 Å². The summed E-state index contributed by atoms with van der Waals surface area (Å²) in [5.74, 6) is -6.58. The van der Waals surface area contributed by atoms with Crippen LogP contribution in [0.3, 0.4) is 0 Å². The van der Waals surface area contributed by atoms with Crippen molar-refractivity contribution in [2.24, 2.45) is 29.6 Å². The van der Waals surface area contributed by atoms with E-state index in [9.17, 15) is 29.4 Å². The van der Waals surface area contributed by atoms with Crippen molar-refractivity contribution in [2.75, 3.05) is 34.5 Å². The van der Waals surface area contributed by atoms with Gasteiger partial charge < -0.3 is 48.3 Å². The Labute approximate surface area is 381 Å². The lowest BCUT2D eigenvalue weighted by molar-refractivity contribution is -0.265. The molecule has 0 radical (unpaired) electrons. The van der Waals surface area contributed by atoms with E-state index in [1.807, 2.05) is 58.1 Å². The number of hydrogen-bond donors (Lipinski definition) is 2. The summed E-state index contributed by atoms with van der Waals surface area (Å²) in [6, 6.07) is -1.09. The van der Waals surface area contributed by atoms with Crippen LogP contribution >= 0.6 is 0 Å². The summed E-state index contributed by atoms with van der Waals surface area (Å²) in [5, 5.41) is 22.4. The number of ether oxygens (including phenoxy) is 7. The largest absolute Gasteiger partial charge is 0.460 e. The number of ketones is 2. The standard InChI is InChI=1S/C50H77NO13/c1-30-15-11-10-12-16-31(2)41(58-7)27-37-20-18-35(6)50(57,64-37)47(54)48(55)51-22-14-13-17-38(51)49(56)62-42(33(4)25-36-19-21-39(52)43(26-36)59-8)28-40(53)32(3)24-34(5)46-44(60-9)29-61-45(23-30)63-46/h10-12,15-16,24,30,32-33,35-39,41-46,52,57H,13-14,17-23,25-29H2,1-9H3/b12-10+,15-11+,31-16+,34-24+/t30-,32?,33?,35?,36?,37+,38?,39-,41+,42+,43?,44?,45?,46-,50?/m1/s1. The molecule has 0 aromatic rings. The van der Waals surface area contributed by atoms with E-state index in [-0.39, 0.29) is 61.2 Å². The first-order chi connectivity index (χ1) is 30.5. The molecule has 2 N–H and O–H groups in total. The normalized spacial score (nSPS) is 41.5. The number of hydrogen-bond acceptors (Lipinski definition) is 13. The number of cyclic esters (lactones) is 1. The van der Waals surface area contributed by atoms with Crippen LogP contribution in [-0.4, -0.2) is 134 Å². The van der Waals surface area contributed by atoms with E-state index in [4.69, 9.17) is 33.2 Å². The molecule has 15 atom stereocenters. The van der Waals surface area contributed by atoms with Crippen LogP contribution < -0.4 is 0 Å². The van der Waals surface area contributed by atoms with Crippen LogP contribution in [0.5, 0.6) is 0 Å². The van der Waals surface area contributed by atoms with E-state index in [2.05, 4.69) is 13.0 Å². The number of nitrogens with zero attached hydrogens (tertiary/aromatic N) is 1. The van der Waals surface area contributed by atoms with Crippen LogP contribution in [-0.2, 0) is 52.3 Å². The summed E-state index contributed by atoms with van der Waals surface area (Å²) in [6.45, 7) is 11.9. The van der Waals surface area contributed by atoms with Crippen molar-refractivity contribution in [2.45, 2.75) is 179 Å². The first-order valence-corrected chi connectivity index (χ1v) is 23.7. The molecule has 0 aromatic carbocycles. The molecule has 14 nitrogen and oxygen atoms in total. The van der Waals surface area contributed by atoms with Gasteiger partial charge in [0.2, 0.25) is 5.79 Å². The van der Waals surface area contributed by atoms with Crippen molar-refractivity contribution >= 4 is 23.4 Å². The minimum Gasteiger partial charge on any atom is -0.460 e. The number of carbonyl (C=O) groups excluding carboxylic acids is 4. The van der Waals surface area contributed by atoms with Gasteiger partial charge in [-0.25, -0.2) is 4.79 Å². The molecule has 64 heavy (non-hydrogen) atoms. The molecule has 4 fully saturated rings. The van der Waals surface area contributed by atoms with Crippen LogP contribution in [0.2, 0.25) is 0 Å². The van der Waals surface area contributed by atoms with E-state index in [1.165, 1.54) is 4.90 Å². The first-order valence-electron chi connectivity index (χ1n) is 23.7. The summed E-state index contributed by atoms with van der Waals surface area (Å²) >= 11 is 0. The van der Waals surface area contributed by atoms with E-state index >= 15 is 0 Å². The maximum atomic E-state index is 14.4. The van der Waals surface area contributed by atoms with Crippen molar-refractivity contribution < 1.29 is 62.5 Å². The summed E-state index contributed by atoms with van der Waals surface area (Å²) in [5.41, 5.74) is 1.75. The van der Waals surface area contributed by atoms with Gasteiger partial charge in [-0.2, -0.15) is 0 Å². The number of aliphatic hydroxyl groups excluding tert-OH is 1. The van der Waals surface area contributed by atoms with Gasteiger partial charge in [-0.3, -0.25) is 14.4 Å². The van der Waals surface area contributed by atoms with Crippen LogP contribution in [0, 0.1) is 29.6 Å². The van der Waals surface area contributed by atoms with Gasteiger partial charge in [0, 0.05) is 59.0 Å². The quantitative estimate of drug-likeness (QED) is 0.171. The summed E-state index contributed by atoms with van der Waals surface area (Å²) in [6.07, 6.45) is 13.7. The minimum atomic E-state index is -2.40. The number of piperidine rings is 1. The Morgan fingerprint density at radius 1 is 0.875 bits per heavy atom. The molecular weight excluding hydrogens is 823 g/mol. The molecule has 4 heterocycles. The third kappa shape index (κ3) is 13.3. The second-order valence-electron chi connectivity index (χ2n) is 19.3. The molecule has 4 aliphatic heterocycles. The van der Waals surface area contributed by atoms with Gasteiger partial charge in [0.25, 0.3) is 11.7 Å². The van der Waals surface area contributed by atoms with Crippen molar-refractivity contribution in [3.8, 4) is 0 Å². The SMILES string of the molecule is COC1CC(CC(C)[C@@H]2CC(=O)C(C)/C=C(\C)[C@H]3OC(C[C@H](C)/C=C/C=C/C=C(\C)[C@@H](OC)C[C@@H]4CCC(C)C(O)(O4)C(=O)C(=O)N4CCCCC4C(=O)O2)OCC3OC)CC[C@H]1O. The summed E-state index contributed by atoms with van der Waals surface area (Å²) < 4.78 is 42.3. The van der Waals surface area contributed by atoms with Gasteiger partial charge in [-0.05, 0) is 101 Å². The molecule has 0 aromatic heterocycles. The third-order valence-corrected chi connectivity index (χ3v) is 14.4. The molecule has 360 valence electrons. The van der Waals surface area contributed by atoms with Crippen LogP contribution in [0.15, 0.2) is 47.6 Å². The Bertz CT molecular complexity index is 1710. The Morgan fingerprint density at radius 3 is 2.34 bits per heavy atom. The molecule has 5 aliphatic rings. The zero-order valence-corrected chi connectivity index (χ0v) is 39.8. The number of aliphatic hydroxyl groups is 2. The molecular formula is C50H77NO13. The van der Waals surface area contributed by atoms with Crippen molar-refractivity contribution in [1.29, 1.82) is 0 Å². The number of fused-ring (bicyclic) bond motifs is 5. The Kier molecular flexibility index (Phi) is 19.5. The molecule has 1 amide bonds. The molecule has 14 heteroatoms. The highest BCUT2D eigenvalue weighted by molar-refractivity contribution is 6.39. The molecule has 3 saturated heterocycles. The molecule has 1 aliphatic carbocycles. The van der Waals surface area contributed by atoms with E-state index < -0.39 is 72.0 Å². The highest BCUT2D eigenvalue weighted by atomic mass is 16.7. The third-order valence-electron chi connectivity index (χ3n) is 14.4. The number of Topliss-reactive ketones (excluding diaryl/α,β-unsaturated/α-hetero) is 2. The number of allylic oxidation sites excluding steroid dienone is 6. The van der Waals surface area contributed by atoms with Gasteiger partial charge in [0.1, 0.15) is 30.1 Å². The molecule has 0 spiro atoms. The van der Waals surface area contributed by atoms with Crippen molar-refractivity contribution in [1.82, 2.24) is 4.90 Å². The summed E-state index contributed by atoms with van der Waals surface area (Å²) in [4.78, 5) is 58.3. The Hall–Kier alpha value is -3.08. The second kappa shape index (κ2) is 24.1.